The predicted molar refractivity (Wildman–Crippen MR) is 122 cm³/mol. The molecule has 0 radical (unpaired) electrons. The summed E-state index contributed by atoms with van der Waals surface area (Å²) in [5.41, 5.74) is 2.04. The molecule has 0 aliphatic carbocycles. The highest BCUT2D eigenvalue weighted by molar-refractivity contribution is 7.99. The van der Waals surface area contributed by atoms with Crippen LogP contribution in [0.15, 0.2) is 63.1 Å². The Morgan fingerprint density at radius 2 is 1.79 bits per heavy atom. The van der Waals surface area contributed by atoms with Gasteiger partial charge in [0.2, 0.25) is 21.8 Å². The molecule has 0 saturated carbocycles. The van der Waals surface area contributed by atoms with E-state index in [1.54, 1.807) is 17.0 Å². The van der Waals surface area contributed by atoms with Gasteiger partial charge in [-0.3, -0.25) is 4.79 Å². The highest BCUT2D eigenvalue weighted by atomic mass is 32.2. The van der Waals surface area contributed by atoms with Gasteiger partial charge in [-0.05, 0) is 31.2 Å². The summed E-state index contributed by atoms with van der Waals surface area (Å²) in [5, 5.41) is 17.5. The Morgan fingerprint density at radius 1 is 1.09 bits per heavy atom. The molecule has 4 rings (SSSR count). The van der Waals surface area contributed by atoms with Gasteiger partial charge in [0.1, 0.15) is 6.07 Å². The zero-order chi connectivity index (χ0) is 23.4. The van der Waals surface area contributed by atoms with Gasteiger partial charge < -0.3 is 9.32 Å². The Kier molecular flexibility index (Phi) is 6.78. The fourth-order valence-corrected chi connectivity index (χ4v) is 5.63. The molecule has 33 heavy (non-hydrogen) atoms. The van der Waals surface area contributed by atoms with E-state index in [9.17, 15) is 18.5 Å². The maximum absolute atomic E-state index is 12.9. The summed E-state index contributed by atoms with van der Waals surface area (Å²) in [5.74, 6) is 0.366. The highest BCUT2D eigenvalue weighted by Gasteiger charge is 2.31. The second-order valence-electron chi connectivity index (χ2n) is 7.42. The molecule has 11 heteroatoms. The average molecular weight is 484 g/mol. The van der Waals surface area contributed by atoms with Gasteiger partial charge in [-0.2, -0.15) is 9.57 Å². The van der Waals surface area contributed by atoms with E-state index >= 15 is 0 Å². The number of nitriles is 1. The third kappa shape index (κ3) is 5.08. The Morgan fingerprint density at radius 3 is 2.48 bits per heavy atom. The van der Waals surface area contributed by atoms with E-state index in [4.69, 9.17) is 4.42 Å². The van der Waals surface area contributed by atoms with Crippen LogP contribution in [0.3, 0.4) is 0 Å². The van der Waals surface area contributed by atoms with Crippen LogP contribution in [-0.4, -0.2) is 65.7 Å². The number of aryl methyl sites for hydroxylation is 1. The number of sulfonamides is 1. The van der Waals surface area contributed by atoms with Crippen LogP contribution in [0.2, 0.25) is 0 Å². The van der Waals surface area contributed by atoms with Crippen LogP contribution in [0.5, 0.6) is 0 Å². The number of nitrogens with zero attached hydrogens (tertiary/aromatic N) is 5. The number of carbonyl (C=O) groups is 1. The normalized spacial score (nSPS) is 14.7. The van der Waals surface area contributed by atoms with Gasteiger partial charge in [0.15, 0.2) is 0 Å². The lowest BCUT2D eigenvalue weighted by molar-refractivity contribution is -0.129. The maximum atomic E-state index is 12.9. The lowest BCUT2D eigenvalue weighted by atomic mass is 10.1. The first-order valence-electron chi connectivity index (χ1n) is 10.2. The minimum atomic E-state index is -3.80. The first kappa shape index (κ1) is 23.0. The number of thioether (sulfide) groups is 1. The van der Waals surface area contributed by atoms with Crippen molar-refractivity contribution in [2.75, 3.05) is 31.9 Å². The molecular weight excluding hydrogens is 462 g/mol. The molecule has 2 aromatic carbocycles. The van der Waals surface area contributed by atoms with Crippen LogP contribution in [0.4, 0.5) is 0 Å². The Hall–Kier alpha value is -3.20. The van der Waals surface area contributed by atoms with Crippen LogP contribution in [0.25, 0.3) is 11.5 Å². The fraction of sp³-hybridized carbons (Fsp3) is 0.273. The van der Waals surface area contributed by atoms with Crippen molar-refractivity contribution in [3.05, 3.63) is 59.7 Å². The molecule has 1 aliphatic heterocycles. The smallest absolute Gasteiger partial charge is 0.277 e. The summed E-state index contributed by atoms with van der Waals surface area (Å²) in [6, 6.07) is 15.7. The molecule has 0 N–H and O–H groups in total. The summed E-state index contributed by atoms with van der Waals surface area (Å²) in [4.78, 5) is 14.2. The number of amides is 1. The first-order chi connectivity index (χ1) is 15.9. The van der Waals surface area contributed by atoms with Crippen molar-refractivity contribution in [2.45, 2.75) is 17.0 Å². The molecule has 1 aromatic heterocycles. The van der Waals surface area contributed by atoms with Gasteiger partial charge in [0.05, 0.1) is 16.2 Å². The molecule has 1 fully saturated rings. The highest BCUT2D eigenvalue weighted by Crippen LogP contribution is 2.25. The molecule has 170 valence electrons. The van der Waals surface area contributed by atoms with Crippen LogP contribution < -0.4 is 0 Å². The molecular formula is C22H21N5O4S2. The number of carbonyl (C=O) groups excluding carboxylic acids is 1. The summed E-state index contributed by atoms with van der Waals surface area (Å²) in [7, 11) is -3.80. The van der Waals surface area contributed by atoms with Crippen molar-refractivity contribution >= 4 is 27.7 Å². The van der Waals surface area contributed by atoms with Gasteiger partial charge >= 0.3 is 0 Å². The van der Waals surface area contributed by atoms with Crippen molar-refractivity contribution < 1.29 is 17.6 Å². The number of rotatable bonds is 6. The van der Waals surface area contributed by atoms with E-state index in [1.807, 2.05) is 37.3 Å². The number of hydrogen-bond donors (Lipinski definition) is 0. The first-order valence-corrected chi connectivity index (χ1v) is 12.6. The van der Waals surface area contributed by atoms with E-state index in [0.29, 0.717) is 11.1 Å². The second-order valence-corrected chi connectivity index (χ2v) is 10.3. The number of piperazine rings is 1. The van der Waals surface area contributed by atoms with Crippen LogP contribution in [0.1, 0.15) is 11.1 Å². The molecule has 0 unspecified atom stereocenters. The molecule has 1 saturated heterocycles. The van der Waals surface area contributed by atoms with Crippen molar-refractivity contribution in [3.8, 4) is 17.5 Å². The molecule has 1 aliphatic rings. The minimum Gasteiger partial charge on any atom is -0.411 e. The van der Waals surface area contributed by atoms with Gasteiger partial charge in [-0.15, -0.1) is 10.2 Å². The monoisotopic (exact) mass is 483 g/mol. The molecule has 0 spiro atoms. The zero-order valence-electron chi connectivity index (χ0n) is 17.8. The predicted octanol–water partition coefficient (Wildman–Crippen LogP) is 2.54. The number of aromatic nitrogens is 2. The van der Waals surface area contributed by atoms with E-state index < -0.39 is 10.0 Å². The van der Waals surface area contributed by atoms with Crippen molar-refractivity contribution in [3.63, 3.8) is 0 Å². The van der Waals surface area contributed by atoms with Crippen molar-refractivity contribution in [2.24, 2.45) is 0 Å². The molecule has 1 amide bonds. The lowest BCUT2D eigenvalue weighted by Crippen LogP contribution is -2.51. The average Bonchev–Trinajstić information content (AvgIpc) is 3.32. The summed E-state index contributed by atoms with van der Waals surface area (Å²) in [6.45, 7) is 2.86. The van der Waals surface area contributed by atoms with Crippen LogP contribution >= 0.6 is 11.8 Å². The SMILES string of the molecule is Cc1ccc(-c2nnc(SCC(=O)N3CCN(S(=O)(=O)c4ccccc4C#N)CC3)o2)cc1. The minimum absolute atomic E-state index is 0.0105. The summed E-state index contributed by atoms with van der Waals surface area (Å²) in [6.07, 6.45) is 0. The lowest BCUT2D eigenvalue weighted by Gasteiger charge is -2.34. The zero-order valence-corrected chi connectivity index (χ0v) is 19.5. The van der Waals surface area contributed by atoms with Crippen molar-refractivity contribution in [1.82, 2.24) is 19.4 Å². The van der Waals surface area contributed by atoms with Crippen LogP contribution in [-0.2, 0) is 14.8 Å². The summed E-state index contributed by atoms with van der Waals surface area (Å²) >= 11 is 1.15. The quantitative estimate of drug-likeness (QED) is 0.491. The third-order valence-corrected chi connectivity index (χ3v) is 8.00. The fourth-order valence-electron chi connectivity index (χ4n) is 3.40. The third-order valence-electron chi connectivity index (χ3n) is 5.24. The van der Waals surface area contributed by atoms with E-state index in [1.165, 1.54) is 16.4 Å². The van der Waals surface area contributed by atoms with E-state index in [-0.39, 0.29) is 48.3 Å². The topological polar surface area (TPSA) is 120 Å². The van der Waals surface area contributed by atoms with E-state index in [0.717, 1.165) is 22.9 Å². The Balaban J connectivity index is 1.32. The molecule has 0 atom stereocenters. The largest absolute Gasteiger partial charge is 0.411 e. The van der Waals surface area contributed by atoms with E-state index in [2.05, 4.69) is 10.2 Å². The standard InChI is InChI=1S/C22H21N5O4S2/c1-16-6-8-17(9-7-16)21-24-25-22(31-21)32-15-20(28)26-10-12-27(13-11-26)33(29,30)19-5-3-2-4-18(19)14-23/h2-9H,10-13,15H2,1H3. The molecule has 9 nitrogen and oxygen atoms in total. The molecule has 0 bridgehead atoms. The Bertz CT molecular complexity index is 1290. The van der Waals surface area contributed by atoms with Crippen molar-refractivity contribution in [1.29, 1.82) is 5.26 Å². The van der Waals surface area contributed by atoms with Crippen LogP contribution in [0, 0.1) is 18.3 Å². The molecule has 3 aromatic rings. The maximum Gasteiger partial charge on any atom is 0.277 e. The number of benzene rings is 2. The second kappa shape index (κ2) is 9.74. The Labute approximate surface area is 196 Å². The molecule has 2 heterocycles. The van der Waals surface area contributed by atoms with Gasteiger partial charge in [0, 0.05) is 31.7 Å². The van der Waals surface area contributed by atoms with Gasteiger partial charge in [-0.25, -0.2) is 8.42 Å². The van der Waals surface area contributed by atoms with Gasteiger partial charge in [0.25, 0.3) is 5.22 Å². The number of hydrogen-bond acceptors (Lipinski definition) is 8. The summed E-state index contributed by atoms with van der Waals surface area (Å²) < 4.78 is 32.8. The van der Waals surface area contributed by atoms with Gasteiger partial charge in [-0.1, -0.05) is 41.6 Å².